The molecule has 0 spiro atoms. The van der Waals surface area contributed by atoms with Crippen LogP contribution in [0.25, 0.3) is 0 Å². The summed E-state index contributed by atoms with van der Waals surface area (Å²) in [6, 6.07) is 7.75. The standard InChI is InChI=1S/C30H41N5O4/c1-22(35-20-25(31-32-35)9-6-24-7-10-26(37-3)11-8-24)19-27-12-13-29(39-27)23(2)30(36)34-16-14-33(15-17-34)21-28-5-4-18-38-28/h7-8,10-11,20,22-23,27-29H,4-5,12-19,21H2,1-3H3/t22-,23-,27+,28?,29-/m1/s1. The Balaban J connectivity index is 1.06. The Kier molecular flexibility index (Phi) is 9.17. The number of piperazine rings is 1. The van der Waals surface area contributed by atoms with Gasteiger partial charge >= 0.3 is 0 Å². The van der Waals surface area contributed by atoms with E-state index in [0.29, 0.717) is 11.8 Å². The zero-order valence-electron chi connectivity index (χ0n) is 23.4. The molecule has 210 valence electrons. The quantitative estimate of drug-likeness (QED) is 0.481. The lowest BCUT2D eigenvalue weighted by atomic mass is 9.99. The fraction of sp³-hybridized carbons (Fsp3) is 0.633. The number of rotatable bonds is 8. The van der Waals surface area contributed by atoms with Crippen LogP contribution in [0.2, 0.25) is 0 Å². The third-order valence-corrected chi connectivity index (χ3v) is 8.25. The highest BCUT2D eigenvalue weighted by Gasteiger charge is 2.36. The monoisotopic (exact) mass is 535 g/mol. The van der Waals surface area contributed by atoms with Crippen LogP contribution in [0.3, 0.4) is 0 Å². The van der Waals surface area contributed by atoms with Crippen LogP contribution in [0.1, 0.15) is 63.3 Å². The molecule has 4 heterocycles. The van der Waals surface area contributed by atoms with Gasteiger partial charge in [0.15, 0.2) is 5.69 Å². The van der Waals surface area contributed by atoms with Crippen molar-refractivity contribution < 1.29 is 19.0 Å². The van der Waals surface area contributed by atoms with Crippen molar-refractivity contribution in [3.8, 4) is 17.6 Å². The minimum absolute atomic E-state index is 0.0266. The van der Waals surface area contributed by atoms with Gasteiger partial charge in [-0.25, -0.2) is 4.68 Å². The Hall–Kier alpha value is -2.93. The van der Waals surface area contributed by atoms with Gasteiger partial charge in [0, 0.05) is 44.9 Å². The first-order valence-electron chi connectivity index (χ1n) is 14.3. The predicted molar refractivity (Wildman–Crippen MR) is 147 cm³/mol. The van der Waals surface area contributed by atoms with Gasteiger partial charge in [0.25, 0.3) is 0 Å². The van der Waals surface area contributed by atoms with Crippen LogP contribution in [0.5, 0.6) is 5.75 Å². The van der Waals surface area contributed by atoms with E-state index in [4.69, 9.17) is 14.2 Å². The first-order valence-corrected chi connectivity index (χ1v) is 14.3. The number of hydrogen-bond donors (Lipinski definition) is 0. The Morgan fingerprint density at radius 1 is 1.08 bits per heavy atom. The number of methoxy groups -OCH3 is 1. The smallest absolute Gasteiger partial charge is 0.228 e. The third kappa shape index (κ3) is 7.18. The van der Waals surface area contributed by atoms with Crippen molar-refractivity contribution in [2.24, 2.45) is 5.92 Å². The lowest BCUT2D eigenvalue weighted by Crippen LogP contribution is -2.52. The molecule has 9 heteroatoms. The highest BCUT2D eigenvalue weighted by Crippen LogP contribution is 2.31. The summed E-state index contributed by atoms with van der Waals surface area (Å²) in [6.45, 7) is 9.47. The molecule has 2 aromatic rings. The number of aromatic nitrogens is 3. The molecule has 3 aliphatic heterocycles. The van der Waals surface area contributed by atoms with Crippen LogP contribution < -0.4 is 4.74 Å². The minimum atomic E-state index is -0.124. The van der Waals surface area contributed by atoms with Crippen LogP contribution >= 0.6 is 0 Å². The average molecular weight is 536 g/mol. The summed E-state index contributed by atoms with van der Waals surface area (Å²) < 4.78 is 19.2. The van der Waals surface area contributed by atoms with E-state index in [9.17, 15) is 4.79 Å². The van der Waals surface area contributed by atoms with E-state index < -0.39 is 0 Å². The summed E-state index contributed by atoms with van der Waals surface area (Å²) in [5, 5.41) is 8.52. The van der Waals surface area contributed by atoms with E-state index in [-0.39, 0.29) is 30.1 Å². The minimum Gasteiger partial charge on any atom is -0.497 e. The molecule has 0 saturated carbocycles. The van der Waals surface area contributed by atoms with Gasteiger partial charge < -0.3 is 19.1 Å². The van der Waals surface area contributed by atoms with Crippen molar-refractivity contribution in [3.63, 3.8) is 0 Å². The molecule has 3 aliphatic rings. The van der Waals surface area contributed by atoms with Gasteiger partial charge in [0.05, 0.1) is 43.6 Å². The Morgan fingerprint density at radius 2 is 1.87 bits per heavy atom. The second kappa shape index (κ2) is 12.9. The number of amides is 1. The average Bonchev–Trinajstić information content (AvgIpc) is 3.75. The topological polar surface area (TPSA) is 82.0 Å². The van der Waals surface area contributed by atoms with E-state index in [1.54, 1.807) is 7.11 Å². The molecular formula is C30H41N5O4. The SMILES string of the molecule is COc1ccc(C#Cc2cn([C@H](C)C[C@@H]3CC[C@H]([C@@H](C)C(=O)N4CCN(CC5CCCO5)CC4)O3)nn2)cc1. The molecule has 0 aliphatic carbocycles. The summed E-state index contributed by atoms with van der Waals surface area (Å²) in [5.41, 5.74) is 1.53. The van der Waals surface area contributed by atoms with E-state index in [1.165, 1.54) is 6.42 Å². The molecule has 3 fully saturated rings. The van der Waals surface area contributed by atoms with Crippen molar-refractivity contribution >= 4 is 5.91 Å². The van der Waals surface area contributed by atoms with Gasteiger partial charge in [-0.1, -0.05) is 18.1 Å². The lowest BCUT2D eigenvalue weighted by molar-refractivity contribution is -0.141. The Morgan fingerprint density at radius 3 is 2.59 bits per heavy atom. The van der Waals surface area contributed by atoms with Gasteiger partial charge in [0.2, 0.25) is 5.91 Å². The molecule has 5 atom stereocenters. The molecule has 39 heavy (non-hydrogen) atoms. The summed E-state index contributed by atoms with van der Waals surface area (Å²) >= 11 is 0. The van der Waals surface area contributed by atoms with Gasteiger partial charge in [-0.15, -0.1) is 5.10 Å². The third-order valence-electron chi connectivity index (χ3n) is 8.25. The largest absolute Gasteiger partial charge is 0.497 e. The molecule has 1 aromatic carbocycles. The second-order valence-corrected chi connectivity index (χ2v) is 11.1. The number of hydrogen-bond acceptors (Lipinski definition) is 7. The molecule has 5 rings (SSSR count). The zero-order chi connectivity index (χ0) is 27.2. The van der Waals surface area contributed by atoms with Crippen LogP contribution in [0.4, 0.5) is 0 Å². The van der Waals surface area contributed by atoms with Crippen LogP contribution in [0.15, 0.2) is 30.5 Å². The van der Waals surface area contributed by atoms with Crippen molar-refractivity contribution in [1.29, 1.82) is 0 Å². The molecule has 3 saturated heterocycles. The van der Waals surface area contributed by atoms with E-state index in [2.05, 4.69) is 34.0 Å². The molecule has 0 N–H and O–H groups in total. The molecule has 0 bridgehead atoms. The van der Waals surface area contributed by atoms with Crippen LogP contribution in [-0.4, -0.2) is 95.5 Å². The van der Waals surface area contributed by atoms with Gasteiger partial charge in [-0.2, -0.15) is 0 Å². The highest BCUT2D eigenvalue weighted by atomic mass is 16.5. The molecule has 1 unspecified atom stereocenters. The maximum Gasteiger partial charge on any atom is 0.228 e. The summed E-state index contributed by atoms with van der Waals surface area (Å²) in [7, 11) is 1.65. The van der Waals surface area contributed by atoms with Gasteiger partial charge in [-0.05, 0) is 69.2 Å². The predicted octanol–water partition coefficient (Wildman–Crippen LogP) is 3.14. The molecule has 9 nitrogen and oxygen atoms in total. The zero-order valence-corrected chi connectivity index (χ0v) is 23.4. The van der Waals surface area contributed by atoms with E-state index in [1.807, 2.05) is 47.0 Å². The molecule has 0 radical (unpaired) electrons. The first-order chi connectivity index (χ1) is 19.0. The first kappa shape index (κ1) is 27.6. The summed E-state index contributed by atoms with van der Waals surface area (Å²) in [5.74, 6) is 7.11. The summed E-state index contributed by atoms with van der Waals surface area (Å²) in [6.07, 6.45) is 7.37. The van der Waals surface area contributed by atoms with Crippen LogP contribution in [0, 0.1) is 17.8 Å². The van der Waals surface area contributed by atoms with Crippen molar-refractivity contribution in [2.45, 2.75) is 70.3 Å². The highest BCUT2D eigenvalue weighted by molar-refractivity contribution is 5.79. The number of benzene rings is 1. The van der Waals surface area contributed by atoms with E-state index in [0.717, 1.165) is 76.3 Å². The number of carbonyl (C=O) groups excluding carboxylic acids is 1. The normalized spacial score (nSPS) is 25.2. The maximum atomic E-state index is 13.2. The number of carbonyl (C=O) groups is 1. The van der Waals surface area contributed by atoms with Gasteiger partial charge in [-0.3, -0.25) is 9.69 Å². The summed E-state index contributed by atoms with van der Waals surface area (Å²) in [4.78, 5) is 17.7. The fourth-order valence-corrected chi connectivity index (χ4v) is 5.80. The molecular weight excluding hydrogens is 494 g/mol. The number of ether oxygens (including phenoxy) is 3. The van der Waals surface area contributed by atoms with E-state index >= 15 is 0 Å². The second-order valence-electron chi connectivity index (χ2n) is 11.1. The fourth-order valence-electron chi connectivity index (χ4n) is 5.80. The lowest BCUT2D eigenvalue weighted by Gasteiger charge is -2.37. The van der Waals surface area contributed by atoms with Crippen molar-refractivity contribution in [2.75, 3.05) is 46.4 Å². The van der Waals surface area contributed by atoms with Crippen molar-refractivity contribution in [1.82, 2.24) is 24.8 Å². The van der Waals surface area contributed by atoms with Crippen molar-refractivity contribution in [3.05, 3.63) is 41.7 Å². The van der Waals surface area contributed by atoms with Gasteiger partial charge in [0.1, 0.15) is 5.75 Å². The van der Waals surface area contributed by atoms with Crippen LogP contribution in [-0.2, 0) is 14.3 Å². The number of nitrogens with zero attached hydrogens (tertiary/aromatic N) is 5. The maximum absolute atomic E-state index is 13.2. The Labute approximate surface area is 231 Å². The molecule has 1 amide bonds. The Bertz CT molecular complexity index is 1140. The molecule has 1 aromatic heterocycles.